The first-order chi connectivity index (χ1) is 13.9. The molecule has 0 heterocycles. The molecule has 0 bridgehead atoms. The van der Waals surface area contributed by atoms with Gasteiger partial charge in [0.05, 0.1) is 23.2 Å². The summed E-state index contributed by atoms with van der Waals surface area (Å²) in [5.74, 6) is -1.53. The highest BCUT2D eigenvalue weighted by atomic mass is 32.2. The molecule has 8 nitrogen and oxygen atoms in total. The van der Waals surface area contributed by atoms with Crippen molar-refractivity contribution in [2.45, 2.75) is 26.8 Å². The Balaban J connectivity index is 2.36. The van der Waals surface area contributed by atoms with Gasteiger partial charge in [-0.15, -0.1) is 0 Å². The van der Waals surface area contributed by atoms with Crippen LogP contribution in [0, 0.1) is 5.82 Å². The van der Waals surface area contributed by atoms with Gasteiger partial charge in [-0.2, -0.15) is 0 Å². The van der Waals surface area contributed by atoms with Crippen LogP contribution in [0.4, 0.5) is 27.1 Å². The number of carbonyl (C=O) groups is 2. The van der Waals surface area contributed by atoms with Crippen molar-refractivity contribution in [1.29, 1.82) is 0 Å². The highest BCUT2D eigenvalue weighted by molar-refractivity contribution is 7.92. The fraction of sp³-hybridized carbons (Fsp3) is 0.300. The number of nitrogens with zero attached hydrogens (tertiary/aromatic N) is 1. The Morgan fingerprint density at radius 2 is 1.63 bits per heavy atom. The molecule has 0 unspecified atom stereocenters. The second-order valence-electron chi connectivity index (χ2n) is 7.14. The average Bonchev–Trinajstić information content (AvgIpc) is 2.60. The normalized spacial score (nSPS) is 11.2. The molecular weight excluding hydrogens is 411 g/mol. The van der Waals surface area contributed by atoms with E-state index in [2.05, 4.69) is 15.4 Å². The quantitative estimate of drug-likeness (QED) is 0.618. The molecule has 0 spiro atoms. The molecule has 30 heavy (non-hydrogen) atoms. The van der Waals surface area contributed by atoms with Crippen LogP contribution in [0.25, 0.3) is 0 Å². The molecule has 0 fully saturated rings. The molecule has 0 aromatic heterocycles. The molecule has 0 aliphatic heterocycles. The molecule has 162 valence electrons. The van der Waals surface area contributed by atoms with Gasteiger partial charge in [0.25, 0.3) is 5.91 Å². The van der Waals surface area contributed by atoms with E-state index >= 15 is 0 Å². The molecule has 0 aliphatic rings. The van der Waals surface area contributed by atoms with E-state index in [0.717, 1.165) is 6.26 Å². The van der Waals surface area contributed by atoms with Crippen molar-refractivity contribution in [2.24, 2.45) is 0 Å². The molecule has 2 aromatic carbocycles. The highest BCUT2D eigenvalue weighted by Crippen LogP contribution is 2.26. The van der Waals surface area contributed by atoms with Crippen LogP contribution in [-0.2, 0) is 14.8 Å². The number of hydrogen-bond acceptors (Lipinski definition) is 5. The van der Waals surface area contributed by atoms with Gasteiger partial charge in [-0.05, 0) is 50.2 Å². The number of anilines is 4. The van der Waals surface area contributed by atoms with Crippen molar-refractivity contribution in [3.63, 3.8) is 0 Å². The van der Waals surface area contributed by atoms with Crippen LogP contribution in [0.5, 0.6) is 0 Å². The third kappa shape index (κ3) is 6.18. The lowest BCUT2D eigenvalue weighted by atomic mass is 10.1. The molecule has 0 saturated carbocycles. The fourth-order valence-electron chi connectivity index (χ4n) is 2.65. The van der Waals surface area contributed by atoms with E-state index in [1.807, 2.05) is 13.8 Å². The summed E-state index contributed by atoms with van der Waals surface area (Å²) < 4.78 is 40.0. The van der Waals surface area contributed by atoms with Crippen molar-refractivity contribution in [3.05, 3.63) is 47.8 Å². The van der Waals surface area contributed by atoms with Gasteiger partial charge in [0.2, 0.25) is 15.9 Å². The molecule has 0 saturated heterocycles. The molecule has 0 aliphatic carbocycles. The van der Waals surface area contributed by atoms with E-state index in [4.69, 9.17) is 0 Å². The number of nitrogens with one attached hydrogen (secondary N) is 3. The maximum absolute atomic E-state index is 14.5. The third-order valence-corrected chi connectivity index (χ3v) is 4.83. The van der Waals surface area contributed by atoms with Gasteiger partial charge in [-0.25, -0.2) is 12.8 Å². The van der Waals surface area contributed by atoms with E-state index in [1.54, 1.807) is 24.1 Å². The minimum Gasteiger partial charge on any atom is -0.370 e. The SMILES string of the molecule is CC(=O)Nc1ccc(NS(C)(=O)=O)c(C(=O)Nc2ccc(N(C)C(C)C)c(F)c2)c1. The van der Waals surface area contributed by atoms with Gasteiger partial charge in [-0.3, -0.25) is 14.3 Å². The monoisotopic (exact) mass is 436 g/mol. The molecule has 2 aromatic rings. The summed E-state index contributed by atoms with van der Waals surface area (Å²) in [7, 11) is -1.89. The highest BCUT2D eigenvalue weighted by Gasteiger charge is 2.17. The maximum Gasteiger partial charge on any atom is 0.257 e. The average molecular weight is 437 g/mol. The first kappa shape index (κ1) is 23.1. The number of amides is 2. The minimum absolute atomic E-state index is 0.0285. The predicted octanol–water partition coefficient (Wildman–Crippen LogP) is 3.25. The standard InChI is InChI=1S/C20H25FN4O4S/c1-12(2)25(4)19-9-7-15(11-17(19)21)23-20(27)16-10-14(22-13(3)26)6-8-18(16)24-30(5,28)29/h6-12,24H,1-5H3,(H,22,26)(H,23,27). The zero-order valence-corrected chi connectivity index (χ0v) is 18.2. The Morgan fingerprint density at radius 3 is 2.17 bits per heavy atom. The molecular formula is C20H25FN4O4S. The van der Waals surface area contributed by atoms with Crippen LogP contribution < -0.4 is 20.3 Å². The van der Waals surface area contributed by atoms with Crippen molar-refractivity contribution in [1.82, 2.24) is 0 Å². The molecule has 0 atom stereocenters. The third-order valence-electron chi connectivity index (χ3n) is 4.24. The van der Waals surface area contributed by atoms with Gasteiger partial charge in [0, 0.05) is 31.4 Å². The number of sulfonamides is 1. The van der Waals surface area contributed by atoms with E-state index in [1.165, 1.54) is 31.2 Å². The Labute approximate surface area is 175 Å². The zero-order chi connectivity index (χ0) is 22.6. The van der Waals surface area contributed by atoms with Crippen LogP contribution in [0.3, 0.4) is 0 Å². The van der Waals surface area contributed by atoms with Crippen molar-refractivity contribution in [2.75, 3.05) is 33.6 Å². The van der Waals surface area contributed by atoms with Crippen LogP contribution >= 0.6 is 0 Å². The van der Waals surface area contributed by atoms with E-state index in [0.29, 0.717) is 11.4 Å². The topological polar surface area (TPSA) is 108 Å². The summed E-state index contributed by atoms with van der Waals surface area (Å²) in [6.07, 6.45) is 0.954. The van der Waals surface area contributed by atoms with Crippen LogP contribution in [-0.4, -0.2) is 39.6 Å². The first-order valence-corrected chi connectivity index (χ1v) is 11.0. The van der Waals surface area contributed by atoms with Gasteiger partial charge >= 0.3 is 0 Å². The van der Waals surface area contributed by atoms with Crippen LogP contribution in [0.1, 0.15) is 31.1 Å². The predicted molar refractivity (Wildman–Crippen MR) is 117 cm³/mol. The molecule has 0 radical (unpaired) electrons. The molecule has 2 rings (SSSR count). The summed E-state index contributed by atoms with van der Waals surface area (Å²) in [4.78, 5) is 25.9. The number of carbonyl (C=O) groups excluding carboxylic acids is 2. The van der Waals surface area contributed by atoms with Gasteiger partial charge in [0.1, 0.15) is 5.82 Å². The van der Waals surface area contributed by atoms with Crippen molar-refractivity contribution in [3.8, 4) is 0 Å². The first-order valence-electron chi connectivity index (χ1n) is 9.10. The summed E-state index contributed by atoms with van der Waals surface area (Å²) in [6.45, 7) is 5.15. The smallest absolute Gasteiger partial charge is 0.257 e. The Kier molecular flexibility index (Phi) is 7.04. The maximum atomic E-state index is 14.5. The number of hydrogen-bond donors (Lipinski definition) is 3. The van der Waals surface area contributed by atoms with E-state index < -0.39 is 21.7 Å². The Morgan fingerprint density at radius 1 is 1.03 bits per heavy atom. The minimum atomic E-state index is -3.65. The van der Waals surface area contributed by atoms with Crippen molar-refractivity contribution >= 4 is 44.6 Å². The fourth-order valence-corrected chi connectivity index (χ4v) is 3.23. The van der Waals surface area contributed by atoms with Crippen molar-refractivity contribution < 1.29 is 22.4 Å². The largest absolute Gasteiger partial charge is 0.370 e. The summed E-state index contributed by atoms with van der Waals surface area (Å²) >= 11 is 0. The van der Waals surface area contributed by atoms with Crippen LogP contribution in [0.15, 0.2) is 36.4 Å². The van der Waals surface area contributed by atoms with Gasteiger partial charge in [-0.1, -0.05) is 0 Å². The lowest BCUT2D eigenvalue weighted by Gasteiger charge is -2.24. The van der Waals surface area contributed by atoms with E-state index in [9.17, 15) is 22.4 Å². The second kappa shape index (κ2) is 9.12. The Bertz CT molecular complexity index is 1070. The Hall–Kier alpha value is -3.14. The second-order valence-corrected chi connectivity index (χ2v) is 8.89. The summed E-state index contributed by atoms with van der Waals surface area (Å²) in [6, 6.07) is 8.53. The lowest BCUT2D eigenvalue weighted by Crippen LogP contribution is -2.26. The van der Waals surface area contributed by atoms with Gasteiger partial charge in [0.15, 0.2) is 0 Å². The number of halogens is 1. The van der Waals surface area contributed by atoms with Gasteiger partial charge < -0.3 is 15.5 Å². The molecule has 3 N–H and O–H groups in total. The van der Waals surface area contributed by atoms with Crippen LogP contribution in [0.2, 0.25) is 0 Å². The summed E-state index contributed by atoms with van der Waals surface area (Å²) in [5, 5.41) is 5.09. The zero-order valence-electron chi connectivity index (χ0n) is 17.4. The van der Waals surface area contributed by atoms with E-state index in [-0.39, 0.29) is 28.9 Å². The number of rotatable bonds is 7. The summed E-state index contributed by atoms with van der Waals surface area (Å²) in [5.41, 5.74) is 0.895. The molecule has 2 amide bonds. The molecule has 10 heteroatoms. The number of benzene rings is 2. The lowest BCUT2D eigenvalue weighted by molar-refractivity contribution is -0.114.